The number of hydrogen-bond acceptors (Lipinski definition) is 4. The van der Waals surface area contributed by atoms with Crippen LogP contribution in [0.4, 0.5) is 23.7 Å². The molecule has 0 saturated carbocycles. The van der Waals surface area contributed by atoms with Gasteiger partial charge in [0.25, 0.3) is 0 Å². The van der Waals surface area contributed by atoms with Crippen molar-refractivity contribution in [3.63, 3.8) is 0 Å². The molecule has 1 saturated heterocycles. The van der Waals surface area contributed by atoms with Crippen molar-refractivity contribution in [1.29, 1.82) is 0 Å². The molecule has 0 atom stereocenters. The molecule has 1 N–H and O–H groups in total. The highest BCUT2D eigenvalue weighted by atomic mass is 19.4. The van der Waals surface area contributed by atoms with Crippen LogP contribution >= 0.6 is 0 Å². The number of piperidine rings is 1. The van der Waals surface area contributed by atoms with Gasteiger partial charge < -0.3 is 10.2 Å². The van der Waals surface area contributed by atoms with E-state index in [0.717, 1.165) is 49.3 Å². The number of anilines is 1. The molecular weight excluding hydrogens is 445 g/mol. The number of aromatic nitrogens is 3. The molecule has 5 rings (SSSR count). The zero-order valence-corrected chi connectivity index (χ0v) is 18.7. The number of carbonyl (C=O) groups is 1. The average molecular weight is 470 g/mol. The van der Waals surface area contributed by atoms with Gasteiger partial charge in [-0.3, -0.25) is 4.90 Å². The number of urea groups is 1. The number of fused-ring (bicyclic) bond motifs is 1. The van der Waals surface area contributed by atoms with E-state index in [1.54, 1.807) is 11.7 Å². The number of carbonyl (C=O) groups excluding carboxylic acids is 1. The molecular formula is C24H25F3N6O. The smallest absolute Gasteiger partial charge is 0.317 e. The molecule has 0 aliphatic carbocycles. The molecule has 2 aliphatic rings. The first-order valence-corrected chi connectivity index (χ1v) is 11.2. The monoisotopic (exact) mass is 470 g/mol. The lowest BCUT2D eigenvalue weighted by Crippen LogP contribution is -2.50. The molecule has 2 aromatic carbocycles. The maximum Gasteiger partial charge on any atom is 0.416 e. The van der Waals surface area contributed by atoms with Gasteiger partial charge in [-0.2, -0.15) is 18.3 Å². The summed E-state index contributed by atoms with van der Waals surface area (Å²) in [6.45, 7) is 2.79. The van der Waals surface area contributed by atoms with Crippen LogP contribution in [0.5, 0.6) is 0 Å². The Labute approximate surface area is 195 Å². The quantitative estimate of drug-likeness (QED) is 0.609. The van der Waals surface area contributed by atoms with Gasteiger partial charge in [0.1, 0.15) is 0 Å². The molecule has 3 aromatic rings. The van der Waals surface area contributed by atoms with Gasteiger partial charge in [0, 0.05) is 44.0 Å². The molecule has 0 spiro atoms. The third-order valence-electron chi connectivity index (χ3n) is 6.50. The molecule has 178 valence electrons. The number of para-hydroxylation sites is 1. The predicted molar refractivity (Wildman–Crippen MR) is 121 cm³/mol. The van der Waals surface area contributed by atoms with Crippen LogP contribution in [0, 0.1) is 0 Å². The summed E-state index contributed by atoms with van der Waals surface area (Å²) in [5.74, 6) is 1.16. The van der Waals surface area contributed by atoms with Crippen LogP contribution in [0.2, 0.25) is 0 Å². The molecule has 0 unspecified atom stereocenters. The molecule has 10 heteroatoms. The number of benzene rings is 2. The first-order valence-electron chi connectivity index (χ1n) is 11.2. The first-order chi connectivity index (χ1) is 16.3. The van der Waals surface area contributed by atoms with Crippen LogP contribution in [0.15, 0.2) is 48.5 Å². The fourth-order valence-electron chi connectivity index (χ4n) is 4.67. The lowest BCUT2D eigenvalue weighted by molar-refractivity contribution is -0.137. The van der Waals surface area contributed by atoms with Gasteiger partial charge in [0.2, 0.25) is 0 Å². The fraction of sp³-hybridized carbons (Fsp3) is 0.375. The standard InChI is InChI=1S/C24H25F3N6O/c1-31-22(16-6-8-18(9-7-16)24(25,26)27)29-21(30-31)15-32-12-10-19(11-13-32)33-14-17-4-2-3-5-20(17)28-23(33)34/h2-9,19H,10-15H2,1H3,(H,28,34). The number of nitrogens with zero attached hydrogens (tertiary/aromatic N) is 5. The highest BCUT2D eigenvalue weighted by Gasteiger charge is 2.32. The number of nitrogens with one attached hydrogen (secondary N) is 1. The Hall–Kier alpha value is -3.40. The van der Waals surface area contributed by atoms with Crippen molar-refractivity contribution in [3.05, 3.63) is 65.5 Å². The van der Waals surface area contributed by atoms with Gasteiger partial charge in [0.15, 0.2) is 11.6 Å². The Morgan fingerprint density at radius 1 is 1.06 bits per heavy atom. The Morgan fingerprint density at radius 2 is 1.76 bits per heavy atom. The number of likely N-dealkylation sites (tertiary alicyclic amines) is 1. The SMILES string of the molecule is Cn1nc(CN2CCC(N3Cc4ccccc4NC3=O)CC2)nc1-c1ccc(C(F)(F)F)cc1. The Morgan fingerprint density at radius 3 is 2.47 bits per heavy atom. The van der Waals surface area contributed by atoms with Gasteiger partial charge in [-0.15, -0.1) is 0 Å². The summed E-state index contributed by atoms with van der Waals surface area (Å²) in [4.78, 5) is 21.3. The van der Waals surface area contributed by atoms with Crippen molar-refractivity contribution in [2.75, 3.05) is 18.4 Å². The van der Waals surface area contributed by atoms with E-state index in [1.165, 1.54) is 12.1 Å². The third-order valence-corrected chi connectivity index (χ3v) is 6.50. The molecule has 0 radical (unpaired) electrons. The number of alkyl halides is 3. The predicted octanol–water partition coefficient (Wildman–Crippen LogP) is 4.51. The van der Waals surface area contributed by atoms with Crippen molar-refractivity contribution < 1.29 is 18.0 Å². The normalized spacial score (nSPS) is 17.5. The van der Waals surface area contributed by atoms with E-state index >= 15 is 0 Å². The second-order valence-corrected chi connectivity index (χ2v) is 8.77. The minimum absolute atomic E-state index is 0.0512. The minimum Gasteiger partial charge on any atom is -0.317 e. The van der Waals surface area contributed by atoms with E-state index in [4.69, 9.17) is 0 Å². The molecule has 3 heterocycles. The minimum atomic E-state index is -4.37. The summed E-state index contributed by atoms with van der Waals surface area (Å²) in [6, 6.07) is 12.9. The van der Waals surface area contributed by atoms with E-state index in [1.807, 2.05) is 29.2 Å². The molecule has 1 aromatic heterocycles. The van der Waals surface area contributed by atoms with Crippen LogP contribution in [0.25, 0.3) is 11.4 Å². The number of halogens is 3. The van der Waals surface area contributed by atoms with E-state index in [0.29, 0.717) is 30.3 Å². The molecule has 2 aliphatic heterocycles. The summed E-state index contributed by atoms with van der Waals surface area (Å²) in [5.41, 5.74) is 1.90. The summed E-state index contributed by atoms with van der Waals surface area (Å²) in [5, 5.41) is 7.45. The van der Waals surface area contributed by atoms with Crippen molar-refractivity contribution in [3.8, 4) is 11.4 Å². The van der Waals surface area contributed by atoms with Crippen molar-refractivity contribution in [1.82, 2.24) is 24.6 Å². The molecule has 2 amide bonds. The highest BCUT2D eigenvalue weighted by molar-refractivity contribution is 5.92. The maximum atomic E-state index is 12.8. The summed E-state index contributed by atoms with van der Waals surface area (Å²) >= 11 is 0. The topological polar surface area (TPSA) is 66.3 Å². The molecule has 34 heavy (non-hydrogen) atoms. The van der Waals surface area contributed by atoms with Crippen LogP contribution in [-0.2, 0) is 26.3 Å². The Kier molecular flexibility index (Phi) is 5.76. The van der Waals surface area contributed by atoms with Crippen LogP contribution in [-0.4, -0.2) is 49.7 Å². The highest BCUT2D eigenvalue weighted by Crippen LogP contribution is 2.31. The van der Waals surface area contributed by atoms with Crippen molar-refractivity contribution in [2.45, 2.75) is 38.1 Å². The van der Waals surface area contributed by atoms with Crippen molar-refractivity contribution in [2.24, 2.45) is 7.05 Å². The van der Waals surface area contributed by atoms with E-state index in [-0.39, 0.29) is 12.1 Å². The maximum absolute atomic E-state index is 12.8. The van der Waals surface area contributed by atoms with Gasteiger partial charge in [-0.25, -0.2) is 14.5 Å². The van der Waals surface area contributed by atoms with Gasteiger partial charge in [-0.1, -0.05) is 30.3 Å². The first kappa shape index (κ1) is 22.4. The summed E-state index contributed by atoms with van der Waals surface area (Å²) in [7, 11) is 1.74. The lowest BCUT2D eigenvalue weighted by atomic mass is 10.0. The van der Waals surface area contributed by atoms with E-state index in [2.05, 4.69) is 20.3 Å². The lowest BCUT2D eigenvalue weighted by Gasteiger charge is -2.40. The molecule has 0 bridgehead atoms. The largest absolute Gasteiger partial charge is 0.416 e. The van der Waals surface area contributed by atoms with Gasteiger partial charge >= 0.3 is 12.2 Å². The van der Waals surface area contributed by atoms with Crippen LogP contribution in [0.3, 0.4) is 0 Å². The number of hydrogen-bond donors (Lipinski definition) is 1. The average Bonchev–Trinajstić information content (AvgIpc) is 3.18. The van der Waals surface area contributed by atoms with Crippen LogP contribution < -0.4 is 5.32 Å². The second-order valence-electron chi connectivity index (χ2n) is 8.77. The second kappa shape index (κ2) is 8.75. The number of amides is 2. The van der Waals surface area contributed by atoms with E-state index < -0.39 is 11.7 Å². The van der Waals surface area contributed by atoms with E-state index in [9.17, 15) is 18.0 Å². The zero-order valence-electron chi connectivity index (χ0n) is 18.7. The summed E-state index contributed by atoms with van der Waals surface area (Å²) in [6.07, 6.45) is -2.66. The van der Waals surface area contributed by atoms with Crippen LogP contribution in [0.1, 0.15) is 29.8 Å². The zero-order chi connectivity index (χ0) is 23.9. The number of rotatable bonds is 4. The van der Waals surface area contributed by atoms with Gasteiger partial charge in [-0.05, 0) is 36.6 Å². The number of aryl methyl sites for hydroxylation is 1. The Bertz CT molecular complexity index is 1180. The third kappa shape index (κ3) is 4.50. The van der Waals surface area contributed by atoms with Gasteiger partial charge in [0.05, 0.1) is 12.1 Å². The molecule has 7 nitrogen and oxygen atoms in total. The molecule has 1 fully saturated rings. The summed E-state index contributed by atoms with van der Waals surface area (Å²) < 4.78 is 40.1. The van der Waals surface area contributed by atoms with Crippen molar-refractivity contribution >= 4 is 11.7 Å². The fourth-order valence-corrected chi connectivity index (χ4v) is 4.67. The Balaban J connectivity index is 1.20.